The molecule has 4 amide bonds. The predicted molar refractivity (Wildman–Crippen MR) is 123 cm³/mol. The SMILES string of the molecule is N#CCC(=O)N1CCC(CNC(=O)C(Cc2ccccc2)N2C(=O)c3ccccc3C2=O)CC1. The molecule has 1 atom stereocenters. The zero-order valence-electron chi connectivity index (χ0n) is 18.8. The number of carbonyl (C=O) groups is 4. The molecule has 8 nitrogen and oxygen atoms in total. The molecule has 174 valence electrons. The number of likely N-dealkylation sites (tertiary alicyclic amines) is 1. The van der Waals surface area contributed by atoms with Gasteiger partial charge in [0.15, 0.2) is 0 Å². The van der Waals surface area contributed by atoms with E-state index >= 15 is 0 Å². The highest BCUT2D eigenvalue weighted by atomic mass is 16.2. The van der Waals surface area contributed by atoms with Gasteiger partial charge in [-0.05, 0) is 36.5 Å². The summed E-state index contributed by atoms with van der Waals surface area (Å²) in [6.07, 6.45) is 1.53. The number of amides is 4. The minimum atomic E-state index is -0.966. The molecule has 34 heavy (non-hydrogen) atoms. The fraction of sp³-hybridized carbons (Fsp3) is 0.346. The zero-order valence-corrected chi connectivity index (χ0v) is 18.8. The minimum Gasteiger partial charge on any atom is -0.354 e. The van der Waals surface area contributed by atoms with Crippen molar-refractivity contribution in [1.82, 2.24) is 15.1 Å². The molecule has 0 aromatic heterocycles. The van der Waals surface area contributed by atoms with Crippen LogP contribution in [0.3, 0.4) is 0 Å². The number of nitrogens with zero attached hydrogens (tertiary/aromatic N) is 3. The summed E-state index contributed by atoms with van der Waals surface area (Å²) >= 11 is 0. The molecule has 2 aromatic rings. The second-order valence-electron chi connectivity index (χ2n) is 8.64. The fourth-order valence-electron chi connectivity index (χ4n) is 4.56. The van der Waals surface area contributed by atoms with Gasteiger partial charge in [0.1, 0.15) is 12.5 Å². The summed E-state index contributed by atoms with van der Waals surface area (Å²) in [5.41, 5.74) is 1.48. The molecule has 0 spiro atoms. The Morgan fingerprint density at radius 2 is 1.56 bits per heavy atom. The first-order valence-electron chi connectivity index (χ1n) is 11.4. The van der Waals surface area contributed by atoms with E-state index in [2.05, 4.69) is 5.32 Å². The van der Waals surface area contributed by atoms with Gasteiger partial charge in [-0.25, -0.2) is 0 Å². The van der Waals surface area contributed by atoms with Crippen LogP contribution in [0.1, 0.15) is 45.5 Å². The molecule has 4 rings (SSSR count). The van der Waals surface area contributed by atoms with E-state index in [-0.39, 0.29) is 30.6 Å². The summed E-state index contributed by atoms with van der Waals surface area (Å²) in [4.78, 5) is 54.1. The quantitative estimate of drug-likeness (QED) is 0.640. The first-order valence-corrected chi connectivity index (χ1v) is 11.4. The van der Waals surface area contributed by atoms with Crippen molar-refractivity contribution in [3.8, 4) is 6.07 Å². The van der Waals surface area contributed by atoms with E-state index in [0.717, 1.165) is 10.5 Å². The summed E-state index contributed by atoms with van der Waals surface area (Å²) in [5.74, 6) is -1.28. The smallest absolute Gasteiger partial charge is 0.262 e. The zero-order chi connectivity index (χ0) is 24.1. The third-order valence-electron chi connectivity index (χ3n) is 6.47. The average molecular weight is 459 g/mol. The molecule has 0 bridgehead atoms. The number of nitrogens with one attached hydrogen (secondary N) is 1. The van der Waals surface area contributed by atoms with Gasteiger partial charge in [-0.2, -0.15) is 5.26 Å². The first kappa shape index (κ1) is 23.2. The van der Waals surface area contributed by atoms with Gasteiger partial charge in [-0.3, -0.25) is 24.1 Å². The third kappa shape index (κ3) is 4.84. The molecule has 2 aliphatic rings. The van der Waals surface area contributed by atoms with Crippen molar-refractivity contribution in [3.63, 3.8) is 0 Å². The maximum atomic E-state index is 13.3. The number of carbonyl (C=O) groups excluding carboxylic acids is 4. The number of imide groups is 1. The van der Waals surface area contributed by atoms with Crippen molar-refractivity contribution in [2.75, 3.05) is 19.6 Å². The molecule has 0 aliphatic carbocycles. The van der Waals surface area contributed by atoms with E-state index in [9.17, 15) is 19.2 Å². The van der Waals surface area contributed by atoms with Crippen molar-refractivity contribution in [3.05, 3.63) is 71.3 Å². The van der Waals surface area contributed by atoms with E-state index in [1.165, 1.54) is 0 Å². The highest BCUT2D eigenvalue weighted by Gasteiger charge is 2.42. The molecule has 2 heterocycles. The van der Waals surface area contributed by atoms with Crippen LogP contribution in [0.15, 0.2) is 54.6 Å². The molecular weight excluding hydrogens is 432 g/mol. The lowest BCUT2D eigenvalue weighted by Gasteiger charge is -2.32. The monoisotopic (exact) mass is 458 g/mol. The molecule has 2 aromatic carbocycles. The maximum absolute atomic E-state index is 13.3. The van der Waals surface area contributed by atoms with Gasteiger partial charge in [0.25, 0.3) is 11.8 Å². The van der Waals surface area contributed by atoms with Gasteiger partial charge in [0, 0.05) is 26.1 Å². The highest BCUT2D eigenvalue weighted by molar-refractivity contribution is 6.22. The van der Waals surface area contributed by atoms with Crippen LogP contribution >= 0.6 is 0 Å². The summed E-state index contributed by atoms with van der Waals surface area (Å²) in [6, 6.07) is 16.8. The largest absolute Gasteiger partial charge is 0.354 e. The lowest BCUT2D eigenvalue weighted by molar-refractivity contribution is -0.132. The predicted octanol–water partition coefficient (Wildman–Crippen LogP) is 2.16. The molecular formula is C26H26N4O4. The second kappa shape index (κ2) is 10.3. The first-order chi connectivity index (χ1) is 16.5. The van der Waals surface area contributed by atoms with Gasteiger partial charge in [0.05, 0.1) is 17.2 Å². The molecule has 1 N–H and O–H groups in total. The normalized spacial score (nSPS) is 16.7. The Morgan fingerprint density at radius 1 is 0.971 bits per heavy atom. The lowest BCUT2D eigenvalue weighted by Crippen LogP contribution is -2.52. The minimum absolute atomic E-state index is 0.122. The van der Waals surface area contributed by atoms with Crippen LogP contribution in [0, 0.1) is 17.2 Å². The van der Waals surface area contributed by atoms with Gasteiger partial charge in [-0.15, -0.1) is 0 Å². The van der Waals surface area contributed by atoms with Crippen molar-refractivity contribution in [1.29, 1.82) is 5.26 Å². The van der Waals surface area contributed by atoms with Crippen molar-refractivity contribution < 1.29 is 19.2 Å². The topological polar surface area (TPSA) is 111 Å². The number of benzene rings is 2. The Bertz CT molecular complexity index is 1100. The third-order valence-corrected chi connectivity index (χ3v) is 6.47. The standard InChI is InChI=1S/C26H26N4O4/c27-13-10-23(31)29-14-11-19(12-15-29)17-28-24(32)22(16-18-6-2-1-3-7-18)30-25(33)20-8-4-5-9-21(20)26(30)34/h1-9,19,22H,10-12,14-17H2,(H,28,32). The Morgan fingerprint density at radius 3 is 2.15 bits per heavy atom. The van der Waals surface area contributed by atoms with Gasteiger partial charge in [0.2, 0.25) is 11.8 Å². The van der Waals surface area contributed by atoms with Crippen molar-refractivity contribution >= 4 is 23.6 Å². The number of rotatable bonds is 7. The van der Waals surface area contributed by atoms with E-state index < -0.39 is 17.9 Å². The number of hydrogen-bond acceptors (Lipinski definition) is 5. The van der Waals surface area contributed by atoms with Crippen LogP contribution in [-0.4, -0.2) is 59.1 Å². The average Bonchev–Trinajstić information content (AvgIpc) is 3.12. The van der Waals surface area contributed by atoms with Crippen LogP contribution < -0.4 is 5.32 Å². The van der Waals surface area contributed by atoms with Crippen LogP contribution in [0.25, 0.3) is 0 Å². The van der Waals surface area contributed by atoms with Crippen LogP contribution in [0.5, 0.6) is 0 Å². The lowest BCUT2D eigenvalue weighted by atomic mass is 9.96. The van der Waals surface area contributed by atoms with Crippen LogP contribution in [0.2, 0.25) is 0 Å². The number of fused-ring (bicyclic) bond motifs is 1. The molecule has 0 saturated carbocycles. The second-order valence-corrected chi connectivity index (χ2v) is 8.64. The van der Waals surface area contributed by atoms with E-state index in [4.69, 9.17) is 5.26 Å². The summed E-state index contributed by atoms with van der Waals surface area (Å²) in [6.45, 7) is 1.49. The summed E-state index contributed by atoms with van der Waals surface area (Å²) in [7, 11) is 0. The van der Waals surface area contributed by atoms with E-state index in [1.54, 1.807) is 29.2 Å². The van der Waals surface area contributed by atoms with Crippen LogP contribution in [-0.2, 0) is 16.0 Å². The summed E-state index contributed by atoms with van der Waals surface area (Å²) in [5, 5.41) is 11.7. The Labute approximate surface area is 198 Å². The fourth-order valence-corrected chi connectivity index (χ4v) is 4.56. The van der Waals surface area contributed by atoms with Gasteiger partial charge < -0.3 is 10.2 Å². The van der Waals surface area contributed by atoms with Crippen LogP contribution in [0.4, 0.5) is 0 Å². The molecule has 8 heteroatoms. The van der Waals surface area contributed by atoms with Gasteiger partial charge >= 0.3 is 0 Å². The van der Waals surface area contributed by atoms with Crippen molar-refractivity contribution in [2.24, 2.45) is 5.92 Å². The number of nitriles is 1. The van der Waals surface area contributed by atoms with E-state index in [1.807, 2.05) is 36.4 Å². The van der Waals surface area contributed by atoms with Crippen molar-refractivity contribution in [2.45, 2.75) is 31.7 Å². The number of hydrogen-bond donors (Lipinski definition) is 1. The molecule has 1 unspecified atom stereocenters. The maximum Gasteiger partial charge on any atom is 0.262 e. The Kier molecular flexibility index (Phi) is 7.02. The highest BCUT2D eigenvalue weighted by Crippen LogP contribution is 2.26. The summed E-state index contributed by atoms with van der Waals surface area (Å²) < 4.78 is 0. The molecule has 1 fully saturated rings. The number of piperidine rings is 1. The molecule has 2 aliphatic heterocycles. The molecule has 1 saturated heterocycles. The Hall–Kier alpha value is -3.99. The van der Waals surface area contributed by atoms with Gasteiger partial charge in [-0.1, -0.05) is 42.5 Å². The van der Waals surface area contributed by atoms with E-state index in [0.29, 0.717) is 43.6 Å². The Balaban J connectivity index is 1.45. The molecule has 0 radical (unpaired) electrons.